The van der Waals surface area contributed by atoms with Crippen LogP contribution >= 0.6 is 0 Å². The number of nitrogens with one attached hydrogen (secondary N) is 3. The first-order chi connectivity index (χ1) is 12.7. The van der Waals surface area contributed by atoms with E-state index in [0.717, 1.165) is 36.5 Å². The minimum atomic E-state index is -0.369. The third-order valence-electron chi connectivity index (χ3n) is 4.72. The Morgan fingerprint density at radius 1 is 1.33 bits per heavy atom. The number of hydrogen-bond acceptors (Lipinski definition) is 5. The Kier molecular flexibility index (Phi) is 7.63. The van der Waals surface area contributed by atoms with Gasteiger partial charge in [0.05, 0.1) is 19.1 Å². The van der Waals surface area contributed by atoms with Gasteiger partial charge in [-0.1, -0.05) is 12.1 Å². The van der Waals surface area contributed by atoms with E-state index < -0.39 is 0 Å². The minimum Gasteiger partial charge on any atom is -0.497 e. The second-order valence-corrected chi connectivity index (χ2v) is 6.50. The molecule has 1 aliphatic rings. The summed E-state index contributed by atoms with van der Waals surface area (Å²) in [7, 11) is 1.66. The Morgan fingerprint density at radius 2 is 2.11 bits per heavy atom. The quantitative estimate of drug-likeness (QED) is 0.669. The number of nitrogens with zero attached hydrogens (tertiary/aromatic N) is 1. The van der Waals surface area contributed by atoms with Crippen molar-refractivity contribution in [3.8, 4) is 5.75 Å². The van der Waals surface area contributed by atoms with Crippen LogP contribution in [0.4, 0.5) is 4.79 Å². The van der Waals surface area contributed by atoms with Crippen LogP contribution in [0, 0.1) is 6.92 Å². The summed E-state index contributed by atoms with van der Waals surface area (Å²) in [5.74, 6) is 0.840. The number of H-pyrrole nitrogens is 1. The second-order valence-electron chi connectivity index (χ2n) is 6.50. The Balaban J connectivity index is 0.00000261. The number of alkyl carbamates (subject to hydrolysis) is 1. The topological polar surface area (TPSA) is 120 Å². The first-order valence-corrected chi connectivity index (χ1v) is 8.95. The highest BCUT2D eigenvalue weighted by Crippen LogP contribution is 2.18. The van der Waals surface area contributed by atoms with Crippen LogP contribution < -0.4 is 15.4 Å². The van der Waals surface area contributed by atoms with Gasteiger partial charge in [-0.25, -0.2) is 9.78 Å². The number of ether oxygens (including phenoxy) is 2. The zero-order valence-corrected chi connectivity index (χ0v) is 15.7. The smallest absolute Gasteiger partial charge is 0.407 e. The number of carbonyl (C=O) groups is 1. The lowest BCUT2D eigenvalue weighted by Crippen LogP contribution is -2.38. The van der Waals surface area contributed by atoms with Gasteiger partial charge in [0.15, 0.2) is 0 Å². The molecule has 1 aromatic heterocycles. The number of methoxy groups -OCH3 is 1. The number of rotatable bonds is 7. The molecule has 8 heteroatoms. The van der Waals surface area contributed by atoms with Crippen molar-refractivity contribution < 1.29 is 19.7 Å². The first-order valence-electron chi connectivity index (χ1n) is 8.95. The fourth-order valence-electron chi connectivity index (χ4n) is 3.21. The lowest BCUT2D eigenvalue weighted by Gasteiger charge is -2.20. The molecule has 2 atom stereocenters. The molecule has 2 aromatic rings. The summed E-state index contributed by atoms with van der Waals surface area (Å²) in [4.78, 5) is 19.3. The molecule has 0 radical (unpaired) electrons. The van der Waals surface area contributed by atoms with E-state index in [4.69, 9.17) is 9.47 Å². The summed E-state index contributed by atoms with van der Waals surface area (Å²) in [6.45, 7) is 3.33. The molecule has 0 aliphatic carbocycles. The zero-order valence-electron chi connectivity index (χ0n) is 15.7. The van der Waals surface area contributed by atoms with Gasteiger partial charge in [0.25, 0.3) is 0 Å². The molecular formula is C19H28N4O4. The van der Waals surface area contributed by atoms with E-state index in [1.165, 1.54) is 5.56 Å². The largest absolute Gasteiger partial charge is 0.497 e. The standard InChI is InChI=1S/C19H26N4O3.H2O/c1-13-16(23-12-22-13)7-9-21-19(24)26-18-8-10-20-17(18)11-14-3-5-15(25-2)6-4-14;/h3-6,12,17-18,20H,7-11H2,1-2H3,(H,21,24)(H,22,23);1H2/t17-,18?;/m1./s1. The highest BCUT2D eigenvalue weighted by Gasteiger charge is 2.30. The maximum atomic E-state index is 12.1. The van der Waals surface area contributed by atoms with Gasteiger partial charge >= 0.3 is 6.09 Å². The summed E-state index contributed by atoms with van der Waals surface area (Å²) >= 11 is 0. The van der Waals surface area contributed by atoms with Crippen LogP contribution in [0.3, 0.4) is 0 Å². The van der Waals surface area contributed by atoms with Crippen molar-refractivity contribution >= 4 is 6.09 Å². The number of hydrogen-bond donors (Lipinski definition) is 3. The number of amides is 1. The zero-order chi connectivity index (χ0) is 18.4. The van der Waals surface area contributed by atoms with Crippen LogP contribution in [0.15, 0.2) is 30.6 Å². The highest BCUT2D eigenvalue weighted by molar-refractivity contribution is 5.67. The number of imidazole rings is 1. The average Bonchev–Trinajstić information content (AvgIpc) is 3.25. The number of aromatic nitrogens is 2. The summed E-state index contributed by atoms with van der Waals surface area (Å²) < 4.78 is 10.8. The first kappa shape index (κ1) is 20.7. The van der Waals surface area contributed by atoms with Crippen LogP contribution in [0.2, 0.25) is 0 Å². The van der Waals surface area contributed by atoms with Crippen molar-refractivity contribution in [2.45, 2.75) is 38.3 Å². The minimum absolute atomic E-state index is 0. The molecule has 3 rings (SSSR count). The molecule has 1 fully saturated rings. The Labute approximate surface area is 159 Å². The van der Waals surface area contributed by atoms with E-state index >= 15 is 0 Å². The number of carbonyl (C=O) groups excluding carboxylic acids is 1. The number of benzene rings is 1. The third-order valence-corrected chi connectivity index (χ3v) is 4.72. The van der Waals surface area contributed by atoms with Crippen molar-refractivity contribution in [1.82, 2.24) is 20.6 Å². The third kappa shape index (κ3) is 5.70. The fraction of sp³-hybridized carbons (Fsp3) is 0.474. The van der Waals surface area contributed by atoms with Crippen molar-refractivity contribution in [3.05, 3.63) is 47.5 Å². The van der Waals surface area contributed by atoms with Gasteiger partial charge < -0.3 is 30.6 Å². The molecule has 0 bridgehead atoms. The molecule has 0 saturated carbocycles. The normalized spacial score (nSPS) is 18.6. The van der Waals surface area contributed by atoms with Gasteiger partial charge in [-0.2, -0.15) is 0 Å². The van der Waals surface area contributed by atoms with E-state index in [-0.39, 0.29) is 23.7 Å². The number of aromatic amines is 1. The van der Waals surface area contributed by atoms with Crippen molar-refractivity contribution in [3.63, 3.8) is 0 Å². The maximum Gasteiger partial charge on any atom is 0.407 e. The van der Waals surface area contributed by atoms with E-state index in [9.17, 15) is 4.79 Å². The fourth-order valence-corrected chi connectivity index (χ4v) is 3.21. The van der Waals surface area contributed by atoms with Gasteiger partial charge in [-0.15, -0.1) is 0 Å². The van der Waals surface area contributed by atoms with Crippen LogP contribution in [-0.2, 0) is 17.6 Å². The van der Waals surface area contributed by atoms with Gasteiger partial charge in [0.1, 0.15) is 11.9 Å². The molecule has 1 aliphatic heterocycles. The van der Waals surface area contributed by atoms with Crippen LogP contribution in [0.25, 0.3) is 0 Å². The van der Waals surface area contributed by atoms with E-state index in [1.807, 2.05) is 31.2 Å². The SMILES string of the molecule is COc1ccc(C[C@H]2NCCC2OC(=O)NCCc2nc[nH]c2C)cc1.O. The van der Waals surface area contributed by atoms with E-state index in [2.05, 4.69) is 20.6 Å². The van der Waals surface area contributed by atoms with Gasteiger partial charge in [-0.3, -0.25) is 0 Å². The predicted molar refractivity (Wildman–Crippen MR) is 102 cm³/mol. The van der Waals surface area contributed by atoms with Crippen molar-refractivity contribution in [1.29, 1.82) is 0 Å². The van der Waals surface area contributed by atoms with E-state index in [0.29, 0.717) is 13.0 Å². The van der Waals surface area contributed by atoms with Gasteiger partial charge in [0.2, 0.25) is 0 Å². The Morgan fingerprint density at radius 3 is 2.78 bits per heavy atom. The molecule has 1 saturated heterocycles. The lowest BCUT2D eigenvalue weighted by molar-refractivity contribution is 0.0901. The molecule has 1 unspecified atom stereocenters. The summed E-state index contributed by atoms with van der Waals surface area (Å²) in [6.07, 6.45) is 3.50. The average molecular weight is 376 g/mol. The summed E-state index contributed by atoms with van der Waals surface area (Å²) in [5, 5.41) is 6.24. The van der Waals surface area contributed by atoms with Gasteiger partial charge in [0, 0.05) is 24.7 Å². The van der Waals surface area contributed by atoms with Crippen LogP contribution in [0.5, 0.6) is 5.75 Å². The molecule has 27 heavy (non-hydrogen) atoms. The summed E-state index contributed by atoms with van der Waals surface area (Å²) in [5.41, 5.74) is 3.18. The molecule has 1 aromatic carbocycles. The molecular weight excluding hydrogens is 348 g/mol. The van der Waals surface area contributed by atoms with Crippen LogP contribution in [0.1, 0.15) is 23.4 Å². The highest BCUT2D eigenvalue weighted by atomic mass is 16.6. The maximum absolute atomic E-state index is 12.1. The monoisotopic (exact) mass is 376 g/mol. The molecule has 5 N–H and O–H groups in total. The molecule has 0 spiro atoms. The molecule has 148 valence electrons. The van der Waals surface area contributed by atoms with E-state index in [1.54, 1.807) is 13.4 Å². The van der Waals surface area contributed by atoms with Crippen LogP contribution in [-0.4, -0.2) is 53.9 Å². The molecule has 8 nitrogen and oxygen atoms in total. The predicted octanol–water partition coefficient (Wildman–Crippen LogP) is 1.14. The molecule has 1 amide bonds. The Bertz CT molecular complexity index is 717. The summed E-state index contributed by atoms with van der Waals surface area (Å²) in [6, 6.07) is 8.11. The number of aryl methyl sites for hydroxylation is 1. The lowest BCUT2D eigenvalue weighted by atomic mass is 10.0. The second kappa shape index (κ2) is 9.94. The molecule has 2 heterocycles. The van der Waals surface area contributed by atoms with Crippen molar-refractivity contribution in [2.24, 2.45) is 0 Å². The Hall–Kier alpha value is -2.58. The van der Waals surface area contributed by atoms with Gasteiger partial charge in [-0.05, 0) is 44.0 Å². The van der Waals surface area contributed by atoms with Crippen molar-refractivity contribution in [2.75, 3.05) is 20.2 Å².